The highest BCUT2D eigenvalue weighted by Crippen LogP contribution is 2.41. The second-order valence-corrected chi connectivity index (χ2v) is 21.4. The maximum absolute atomic E-state index is 13.3. The van der Waals surface area contributed by atoms with Gasteiger partial charge in [-0.2, -0.15) is 0 Å². The predicted molar refractivity (Wildman–Crippen MR) is 211 cm³/mol. The minimum atomic E-state index is -2.14. The largest absolute Gasteiger partial charge is 0.407 e. The number of ether oxygens (including phenoxy) is 3. The van der Waals surface area contributed by atoms with Gasteiger partial charge in [-0.1, -0.05) is 120 Å². The molecule has 0 aromatic heterocycles. The third kappa shape index (κ3) is 12.8. The number of allylic oxidation sites excluding steroid dienone is 3. The van der Waals surface area contributed by atoms with Crippen molar-refractivity contribution >= 4 is 42.5 Å². The number of amides is 1. The minimum absolute atomic E-state index is 0.0389. The number of carbonyl (C=O) groups excluding carboxylic acids is 1. The SMILES string of the molecule is COCO[C@H](/C=C/C=C(\C)[C@@H](CCC/C=C(\C)[C@H](O)[C@@H](C)C(=O)N1C(=S)SC[C@@H]1C(C)C)OC)[C@H](O[Si](C)(C)C(C)(C)C)c1ccccc1. The number of benzene rings is 1. The Bertz CT molecular complexity index is 1280. The second-order valence-electron chi connectivity index (χ2n) is 15.0. The monoisotopic (exact) mass is 733 g/mol. The summed E-state index contributed by atoms with van der Waals surface area (Å²) in [5.74, 6) is 0.450. The average Bonchev–Trinajstić information content (AvgIpc) is 3.45. The van der Waals surface area contributed by atoms with E-state index in [9.17, 15) is 9.90 Å². The van der Waals surface area contributed by atoms with Crippen molar-refractivity contribution in [3.8, 4) is 0 Å². The van der Waals surface area contributed by atoms with Gasteiger partial charge in [0.25, 0.3) is 0 Å². The van der Waals surface area contributed by atoms with Gasteiger partial charge in [0.05, 0.1) is 18.1 Å². The molecule has 0 bridgehead atoms. The van der Waals surface area contributed by atoms with Crippen LogP contribution < -0.4 is 0 Å². The van der Waals surface area contributed by atoms with E-state index in [1.807, 2.05) is 43.4 Å². The molecule has 0 aliphatic carbocycles. The van der Waals surface area contributed by atoms with E-state index in [-0.39, 0.29) is 42.1 Å². The van der Waals surface area contributed by atoms with Gasteiger partial charge in [0.1, 0.15) is 23.3 Å². The number of unbranched alkanes of at least 4 members (excludes halogenated alkanes) is 1. The van der Waals surface area contributed by atoms with Gasteiger partial charge in [0.15, 0.2) is 8.32 Å². The zero-order valence-corrected chi connectivity index (χ0v) is 34.7. The number of carbonyl (C=O) groups is 1. The molecule has 1 saturated heterocycles. The lowest BCUT2D eigenvalue weighted by Crippen LogP contribution is -2.46. The number of aliphatic hydroxyl groups is 1. The molecule has 0 spiro atoms. The van der Waals surface area contributed by atoms with E-state index in [0.29, 0.717) is 10.2 Å². The number of thioether (sulfide) groups is 1. The molecule has 276 valence electrons. The van der Waals surface area contributed by atoms with Crippen molar-refractivity contribution in [2.45, 2.75) is 123 Å². The van der Waals surface area contributed by atoms with Crippen molar-refractivity contribution in [3.63, 3.8) is 0 Å². The normalized spacial score (nSPS) is 19.8. The average molecular weight is 734 g/mol. The number of nitrogens with zero attached hydrogens (tertiary/aromatic N) is 1. The van der Waals surface area contributed by atoms with Crippen LogP contribution in [-0.4, -0.2) is 79.7 Å². The first-order valence-electron chi connectivity index (χ1n) is 17.5. The van der Waals surface area contributed by atoms with E-state index in [1.54, 1.807) is 37.8 Å². The van der Waals surface area contributed by atoms with Gasteiger partial charge >= 0.3 is 0 Å². The molecule has 1 aliphatic rings. The summed E-state index contributed by atoms with van der Waals surface area (Å²) in [5.41, 5.74) is 2.97. The molecule has 1 amide bonds. The number of aliphatic hydroxyl groups excluding tert-OH is 1. The third-order valence-corrected chi connectivity index (χ3v) is 15.8. The van der Waals surface area contributed by atoms with Crippen LogP contribution in [0.25, 0.3) is 0 Å². The highest BCUT2D eigenvalue weighted by molar-refractivity contribution is 8.23. The predicted octanol–water partition coefficient (Wildman–Crippen LogP) is 9.25. The Morgan fingerprint density at radius 2 is 1.78 bits per heavy atom. The molecule has 2 rings (SSSR count). The summed E-state index contributed by atoms with van der Waals surface area (Å²) in [6.07, 6.45) is 9.11. The molecule has 1 aliphatic heterocycles. The van der Waals surface area contributed by atoms with Crippen LogP contribution in [0, 0.1) is 11.8 Å². The molecular formula is C39H63NO6S2Si. The molecule has 0 unspecified atom stereocenters. The van der Waals surface area contributed by atoms with E-state index in [1.165, 1.54) is 0 Å². The molecule has 7 nitrogen and oxygen atoms in total. The summed E-state index contributed by atoms with van der Waals surface area (Å²) in [5, 5.41) is 11.1. The fourth-order valence-electron chi connectivity index (χ4n) is 5.49. The number of rotatable bonds is 19. The van der Waals surface area contributed by atoms with Gasteiger partial charge in [-0.3, -0.25) is 9.69 Å². The van der Waals surface area contributed by atoms with Crippen LogP contribution in [0.1, 0.15) is 86.3 Å². The Hall–Kier alpha value is -1.63. The van der Waals surface area contributed by atoms with Gasteiger partial charge in [0, 0.05) is 26.0 Å². The molecule has 1 N–H and O–H groups in total. The highest BCUT2D eigenvalue weighted by Gasteiger charge is 2.42. The van der Waals surface area contributed by atoms with Crippen LogP contribution in [-0.2, 0) is 23.4 Å². The fourth-order valence-corrected chi connectivity index (χ4v) is 8.39. The smallest absolute Gasteiger partial charge is 0.234 e. The van der Waals surface area contributed by atoms with Crippen LogP contribution in [0.4, 0.5) is 0 Å². The maximum Gasteiger partial charge on any atom is 0.234 e. The van der Waals surface area contributed by atoms with Gasteiger partial charge in [0.2, 0.25) is 5.91 Å². The first kappa shape index (κ1) is 43.5. The van der Waals surface area contributed by atoms with Gasteiger partial charge in [-0.05, 0) is 73.9 Å². The van der Waals surface area contributed by atoms with Gasteiger partial charge < -0.3 is 23.7 Å². The van der Waals surface area contributed by atoms with Crippen molar-refractivity contribution in [2.75, 3.05) is 26.8 Å². The van der Waals surface area contributed by atoms with Crippen molar-refractivity contribution in [1.82, 2.24) is 4.90 Å². The summed E-state index contributed by atoms with van der Waals surface area (Å²) in [6, 6.07) is 10.3. The standard InChI is InChI=1S/C39H63NO6S2Si/c1-27(2)32-25-48-38(47)40(32)37(42)30(5)35(41)29(4)19-16-17-23-33(44-10)28(3)20-18-24-34(45-26-43-9)36(31-21-14-13-15-22-31)46-49(11,12)39(6,7)8/h13-15,18-22,24,27,30,32-36,41H,16-17,23,25-26H2,1-12H3/b24-18+,28-20+,29-19+/t30-,32-,33-,34-,35+,36-/m1/s1. The van der Waals surface area contributed by atoms with E-state index in [0.717, 1.165) is 41.7 Å². The first-order valence-corrected chi connectivity index (χ1v) is 21.8. The molecule has 10 heteroatoms. The topological polar surface area (TPSA) is 77.5 Å². The van der Waals surface area contributed by atoms with Crippen LogP contribution in [0.3, 0.4) is 0 Å². The van der Waals surface area contributed by atoms with Crippen LogP contribution in [0.5, 0.6) is 0 Å². The second kappa shape index (κ2) is 20.4. The maximum atomic E-state index is 13.3. The van der Waals surface area contributed by atoms with Gasteiger partial charge in [-0.25, -0.2) is 0 Å². The summed E-state index contributed by atoms with van der Waals surface area (Å²) in [6.45, 7) is 21.4. The van der Waals surface area contributed by atoms with Gasteiger partial charge in [-0.15, -0.1) is 0 Å². The molecule has 1 heterocycles. The molecule has 1 aromatic carbocycles. The zero-order valence-electron chi connectivity index (χ0n) is 32.0. The zero-order chi connectivity index (χ0) is 36.9. The van der Waals surface area contributed by atoms with Crippen LogP contribution >= 0.6 is 24.0 Å². The van der Waals surface area contributed by atoms with E-state index >= 15 is 0 Å². The first-order chi connectivity index (χ1) is 23.0. The minimum Gasteiger partial charge on any atom is -0.407 e. The quantitative estimate of drug-likeness (QED) is 0.0377. The highest BCUT2D eigenvalue weighted by atomic mass is 32.2. The molecule has 0 radical (unpaired) electrons. The summed E-state index contributed by atoms with van der Waals surface area (Å²) in [4.78, 5) is 15.1. The van der Waals surface area contributed by atoms with Crippen LogP contribution in [0.2, 0.25) is 18.1 Å². The molecule has 1 aromatic rings. The lowest BCUT2D eigenvalue weighted by molar-refractivity contribution is -0.135. The molecule has 0 saturated carbocycles. The van der Waals surface area contributed by atoms with E-state index < -0.39 is 20.3 Å². The molecular weight excluding hydrogens is 671 g/mol. The number of methoxy groups -OCH3 is 2. The Balaban J connectivity index is 2.09. The Morgan fingerprint density at radius 1 is 1.12 bits per heavy atom. The fraction of sp³-hybridized carbons (Fsp3) is 0.641. The van der Waals surface area contributed by atoms with Crippen molar-refractivity contribution in [2.24, 2.45) is 11.8 Å². The molecule has 1 fully saturated rings. The van der Waals surface area contributed by atoms with Crippen molar-refractivity contribution < 1.29 is 28.5 Å². The van der Waals surface area contributed by atoms with Crippen molar-refractivity contribution in [1.29, 1.82) is 0 Å². The number of hydrogen-bond acceptors (Lipinski definition) is 8. The Morgan fingerprint density at radius 3 is 2.35 bits per heavy atom. The molecule has 49 heavy (non-hydrogen) atoms. The number of thiocarbonyl (C=S) groups is 1. The van der Waals surface area contributed by atoms with E-state index in [4.69, 9.17) is 30.9 Å². The lowest BCUT2D eigenvalue weighted by Gasteiger charge is -2.41. The van der Waals surface area contributed by atoms with Crippen LogP contribution in [0.15, 0.2) is 65.8 Å². The summed E-state index contributed by atoms with van der Waals surface area (Å²) in [7, 11) is 1.23. The number of hydrogen-bond donors (Lipinski definition) is 1. The third-order valence-electron chi connectivity index (χ3n) is 9.86. The summed E-state index contributed by atoms with van der Waals surface area (Å²) < 4.78 is 25.0. The van der Waals surface area contributed by atoms with E-state index in [2.05, 4.69) is 72.8 Å². The Labute approximate surface area is 308 Å². The lowest BCUT2D eigenvalue weighted by atomic mass is 9.94. The van der Waals surface area contributed by atoms with Crippen molar-refractivity contribution in [3.05, 3.63) is 71.3 Å². The summed E-state index contributed by atoms with van der Waals surface area (Å²) >= 11 is 7.03. The Kier molecular flexibility index (Phi) is 18.1. The molecule has 6 atom stereocenters.